The topological polar surface area (TPSA) is 147 Å². The Morgan fingerprint density at radius 2 is 2.04 bits per heavy atom. The van der Waals surface area contributed by atoms with Gasteiger partial charge in [0.2, 0.25) is 5.28 Å². The first-order valence-electron chi connectivity index (χ1n) is 7.66. The van der Waals surface area contributed by atoms with Crippen molar-refractivity contribution >= 4 is 11.8 Å². The molecule has 0 spiro atoms. The Labute approximate surface area is 148 Å². The van der Waals surface area contributed by atoms with Gasteiger partial charge in [-0.25, -0.2) is 4.79 Å². The van der Waals surface area contributed by atoms with Crippen molar-refractivity contribution in [3.8, 4) is 11.8 Å². The fourth-order valence-corrected chi connectivity index (χ4v) is 2.19. The number of nitriles is 1. The smallest absolute Gasteiger partial charge is 0.409 e. The maximum atomic E-state index is 12.0. The normalized spacial score (nSPS) is 14.5. The molecule has 12 nitrogen and oxygen atoms in total. The van der Waals surface area contributed by atoms with E-state index in [0.29, 0.717) is 0 Å². The Hall–Kier alpha value is -3.62. The number of ether oxygens (including phenoxy) is 1. The van der Waals surface area contributed by atoms with Crippen LogP contribution in [0.2, 0.25) is 0 Å². The highest BCUT2D eigenvalue weighted by Gasteiger charge is 2.26. The van der Waals surface area contributed by atoms with E-state index in [-0.39, 0.29) is 54.8 Å². The molecule has 1 aromatic rings. The Kier molecular flexibility index (Phi) is 6.10. The van der Waals surface area contributed by atoms with E-state index in [2.05, 4.69) is 5.28 Å². The summed E-state index contributed by atoms with van der Waals surface area (Å²) in [5.41, 5.74) is -0.397. The lowest BCUT2D eigenvalue weighted by atomic mass is 10.2. The summed E-state index contributed by atoms with van der Waals surface area (Å²) in [6, 6.07) is 5.09. The quantitative estimate of drug-likeness (QED) is 0.329. The molecule has 1 aromatic carbocycles. The van der Waals surface area contributed by atoms with Crippen molar-refractivity contribution in [2.45, 2.75) is 6.92 Å². The summed E-state index contributed by atoms with van der Waals surface area (Å²) in [7, 11) is 0. The minimum atomic E-state index is -0.648. The van der Waals surface area contributed by atoms with Gasteiger partial charge in [0.05, 0.1) is 29.6 Å². The molecule has 1 aliphatic rings. The highest BCUT2D eigenvalue weighted by atomic mass is 16.7. The molecule has 0 unspecified atom stereocenters. The number of hydrogen-bond donors (Lipinski definition) is 0. The van der Waals surface area contributed by atoms with Gasteiger partial charge in [0.25, 0.3) is 5.69 Å². The lowest BCUT2D eigenvalue weighted by molar-refractivity contribution is -0.708. The highest BCUT2D eigenvalue weighted by Crippen LogP contribution is 2.23. The van der Waals surface area contributed by atoms with Crippen LogP contribution < -0.4 is 4.84 Å². The van der Waals surface area contributed by atoms with Crippen LogP contribution in [0, 0.1) is 26.7 Å². The first kappa shape index (κ1) is 18.7. The Bertz CT molecular complexity index is 753. The average Bonchev–Trinajstić information content (AvgIpc) is 2.66. The number of rotatable bonds is 5. The van der Waals surface area contributed by atoms with Gasteiger partial charge in [-0.05, 0) is 13.0 Å². The molecule has 138 valence electrons. The van der Waals surface area contributed by atoms with E-state index in [1.165, 1.54) is 16.0 Å². The second-order valence-corrected chi connectivity index (χ2v) is 5.11. The lowest BCUT2D eigenvalue weighted by Crippen LogP contribution is -2.50. The Morgan fingerprint density at radius 3 is 2.62 bits per heavy atom. The number of hydrogen-bond acceptors (Lipinski definition) is 8. The molecule has 26 heavy (non-hydrogen) atoms. The van der Waals surface area contributed by atoms with E-state index in [4.69, 9.17) is 14.8 Å². The number of hydrazine groups is 1. The zero-order valence-electron chi connectivity index (χ0n) is 13.9. The number of nitro benzene ring substituents is 1. The summed E-state index contributed by atoms with van der Waals surface area (Å²) in [4.78, 5) is 28.3. The summed E-state index contributed by atoms with van der Waals surface area (Å²) >= 11 is 0. The monoisotopic (exact) mass is 364 g/mol. The third-order valence-corrected chi connectivity index (χ3v) is 3.53. The van der Waals surface area contributed by atoms with Crippen LogP contribution in [0.1, 0.15) is 12.5 Å². The molecule has 1 heterocycles. The van der Waals surface area contributed by atoms with E-state index in [0.717, 1.165) is 12.1 Å². The van der Waals surface area contributed by atoms with Gasteiger partial charge in [-0.3, -0.25) is 10.1 Å². The molecule has 0 aliphatic carbocycles. The average molecular weight is 364 g/mol. The van der Waals surface area contributed by atoms with Crippen molar-refractivity contribution in [3.05, 3.63) is 39.1 Å². The van der Waals surface area contributed by atoms with Crippen molar-refractivity contribution in [3.63, 3.8) is 0 Å². The summed E-state index contributed by atoms with van der Waals surface area (Å²) < 4.78 is 4.88. The molecule has 0 aromatic heterocycles. The van der Waals surface area contributed by atoms with Crippen LogP contribution in [-0.2, 0) is 4.74 Å². The first-order valence-corrected chi connectivity index (χ1v) is 7.66. The molecule has 0 radical (unpaired) electrons. The Morgan fingerprint density at radius 1 is 1.35 bits per heavy atom. The molecule has 2 rings (SSSR count). The maximum Gasteiger partial charge on any atom is 0.409 e. The van der Waals surface area contributed by atoms with Gasteiger partial charge in [-0.2, -0.15) is 5.26 Å². The molecular formula is C14H16N6O6. The minimum absolute atomic E-state index is 0.0795. The SMILES string of the molecule is CCOC(=O)N1CCN([N+]([O-])=NOc2ccc([N+](=O)[O-])cc2C#N)CC1. The van der Waals surface area contributed by atoms with Gasteiger partial charge in [-0.15, -0.1) is 5.01 Å². The van der Waals surface area contributed by atoms with Crippen LogP contribution in [0.4, 0.5) is 10.5 Å². The van der Waals surface area contributed by atoms with Crippen molar-refractivity contribution < 1.29 is 24.3 Å². The van der Waals surface area contributed by atoms with E-state index in [1.54, 1.807) is 13.0 Å². The number of nitrogens with zero attached hydrogens (tertiary/aromatic N) is 6. The number of piperazine rings is 1. The van der Waals surface area contributed by atoms with Crippen LogP contribution in [0.15, 0.2) is 23.5 Å². The minimum Gasteiger partial charge on any atom is -0.569 e. The first-order chi connectivity index (χ1) is 12.5. The van der Waals surface area contributed by atoms with Crippen molar-refractivity contribution in [2.24, 2.45) is 5.28 Å². The molecule has 0 bridgehead atoms. The van der Waals surface area contributed by atoms with Crippen LogP contribution in [0.25, 0.3) is 0 Å². The summed E-state index contributed by atoms with van der Waals surface area (Å²) in [5, 5.41) is 36.3. The number of benzene rings is 1. The van der Waals surface area contributed by atoms with Crippen molar-refractivity contribution in [2.75, 3.05) is 32.8 Å². The summed E-state index contributed by atoms with van der Waals surface area (Å²) in [6.07, 6.45) is -0.442. The molecule has 1 aliphatic heterocycles. The van der Waals surface area contributed by atoms with Gasteiger partial charge in [0, 0.05) is 25.2 Å². The zero-order chi connectivity index (χ0) is 19.1. The van der Waals surface area contributed by atoms with Crippen LogP contribution in [0.3, 0.4) is 0 Å². The molecular weight excluding hydrogens is 348 g/mol. The molecule has 0 saturated carbocycles. The maximum absolute atomic E-state index is 12.0. The van der Waals surface area contributed by atoms with E-state index in [1.807, 2.05) is 0 Å². The lowest BCUT2D eigenvalue weighted by Gasteiger charge is -2.30. The molecule has 1 fully saturated rings. The summed E-state index contributed by atoms with van der Waals surface area (Å²) in [5.74, 6) is -0.0795. The van der Waals surface area contributed by atoms with Gasteiger partial charge in [-0.1, -0.05) is 0 Å². The van der Waals surface area contributed by atoms with E-state index >= 15 is 0 Å². The summed E-state index contributed by atoms with van der Waals surface area (Å²) in [6.45, 7) is 2.99. The predicted molar refractivity (Wildman–Crippen MR) is 84.7 cm³/mol. The number of carbonyl (C=O) groups is 1. The van der Waals surface area contributed by atoms with E-state index in [9.17, 15) is 20.1 Å². The standard InChI is InChI=1S/C14H16N6O6/c1-2-25-14(21)17-5-7-18(8-6-17)20(24)16-26-13-4-3-12(19(22)23)9-11(13)10-15/h3-4,9H,2,5-8H2,1H3. The third kappa shape index (κ3) is 4.47. The molecule has 1 amide bonds. The van der Waals surface area contributed by atoms with Crippen molar-refractivity contribution in [1.82, 2.24) is 9.91 Å². The fourth-order valence-electron chi connectivity index (χ4n) is 2.19. The second-order valence-electron chi connectivity index (χ2n) is 5.11. The van der Waals surface area contributed by atoms with Crippen LogP contribution >= 0.6 is 0 Å². The molecule has 0 atom stereocenters. The van der Waals surface area contributed by atoms with E-state index < -0.39 is 11.0 Å². The third-order valence-electron chi connectivity index (χ3n) is 3.53. The highest BCUT2D eigenvalue weighted by molar-refractivity contribution is 5.67. The zero-order valence-corrected chi connectivity index (χ0v) is 13.9. The molecule has 12 heteroatoms. The number of nitro groups is 1. The number of amides is 1. The van der Waals surface area contributed by atoms with Crippen LogP contribution in [-0.4, -0.2) is 58.7 Å². The largest absolute Gasteiger partial charge is 0.569 e. The van der Waals surface area contributed by atoms with Crippen molar-refractivity contribution in [1.29, 1.82) is 5.26 Å². The van der Waals surface area contributed by atoms with Crippen LogP contribution in [0.5, 0.6) is 5.75 Å². The van der Waals surface area contributed by atoms with Gasteiger partial charge in [0.1, 0.15) is 11.6 Å². The van der Waals surface area contributed by atoms with Gasteiger partial charge < -0.3 is 19.7 Å². The fraction of sp³-hybridized carbons (Fsp3) is 0.429. The molecule has 1 saturated heterocycles. The van der Waals surface area contributed by atoms with Gasteiger partial charge >= 0.3 is 6.09 Å². The predicted octanol–water partition coefficient (Wildman–Crippen LogP) is 1.41. The van der Waals surface area contributed by atoms with Gasteiger partial charge in [0.15, 0.2) is 5.75 Å². The number of carbonyl (C=O) groups excluding carboxylic acids is 1. The number of non-ortho nitro benzene ring substituents is 1. The Balaban J connectivity index is 1.98. The molecule has 0 N–H and O–H groups in total. The second kappa shape index (κ2) is 8.47.